The summed E-state index contributed by atoms with van der Waals surface area (Å²) in [4.78, 5) is 20.2. The van der Waals surface area contributed by atoms with Crippen LogP contribution in [0.2, 0.25) is 0 Å². The van der Waals surface area contributed by atoms with Crippen LogP contribution in [0.5, 0.6) is 0 Å². The van der Waals surface area contributed by atoms with E-state index in [0.717, 1.165) is 0 Å². The van der Waals surface area contributed by atoms with Crippen LogP contribution in [0, 0.1) is 11.8 Å². The van der Waals surface area contributed by atoms with Crippen molar-refractivity contribution in [1.82, 2.24) is 0 Å². The van der Waals surface area contributed by atoms with Gasteiger partial charge in [-0.15, -0.1) is 0 Å². The zero-order chi connectivity index (χ0) is 14.9. The van der Waals surface area contributed by atoms with Crippen LogP contribution in [0.3, 0.4) is 0 Å². The zero-order valence-electron chi connectivity index (χ0n) is 12.6. The van der Waals surface area contributed by atoms with Crippen molar-refractivity contribution in [2.75, 3.05) is 0 Å². The first-order valence-corrected chi connectivity index (χ1v) is 6.04. The van der Waals surface area contributed by atoms with Crippen LogP contribution in [0.1, 0.15) is 40.5 Å². The van der Waals surface area contributed by atoms with Crippen molar-refractivity contribution in [3.8, 4) is 0 Å². The van der Waals surface area contributed by atoms with E-state index in [-0.39, 0.29) is 51.4 Å². The first kappa shape index (κ1) is 24.5. The average Bonchev–Trinajstić information content (AvgIpc) is 2.16. The summed E-state index contributed by atoms with van der Waals surface area (Å²) in [5, 5.41) is 16.6. The minimum atomic E-state index is -0.913. The summed E-state index contributed by atoms with van der Waals surface area (Å²) in [7, 11) is 0. The zero-order valence-corrected chi connectivity index (χ0v) is 15.7. The Morgan fingerprint density at radius 1 is 0.842 bits per heavy atom. The Hall–Kier alpha value is 0.496. The van der Waals surface area contributed by atoms with Gasteiger partial charge in [-0.3, -0.25) is 9.59 Å². The van der Waals surface area contributed by atoms with Crippen molar-refractivity contribution in [2.24, 2.45) is 23.3 Å². The third kappa shape index (κ3) is 18.5. The van der Waals surface area contributed by atoms with E-state index in [1.54, 1.807) is 0 Å². The van der Waals surface area contributed by atoms with Gasteiger partial charge in [-0.05, 0) is 24.7 Å². The monoisotopic (exact) mass is 301 g/mol. The molecule has 0 aromatic rings. The summed E-state index contributed by atoms with van der Waals surface area (Å²) < 4.78 is 0. The number of hydrogen-bond acceptors (Lipinski definition) is 4. The van der Waals surface area contributed by atoms with Gasteiger partial charge >= 0.3 is 11.9 Å². The van der Waals surface area contributed by atoms with Crippen LogP contribution in [0.15, 0.2) is 0 Å². The second kappa shape index (κ2) is 13.5. The topological polar surface area (TPSA) is 127 Å². The Morgan fingerprint density at radius 3 is 1.11 bits per heavy atom. The molecule has 19 heavy (non-hydrogen) atoms. The predicted molar refractivity (Wildman–Crippen MR) is 75.9 cm³/mol. The van der Waals surface area contributed by atoms with Crippen LogP contribution in [-0.4, -0.2) is 85.6 Å². The molecule has 0 aromatic heterocycles. The maximum atomic E-state index is 10.1. The average molecular weight is 301 g/mol. The third-order valence-electron chi connectivity index (χ3n) is 2.09. The molecule has 0 aliphatic carbocycles. The standard InChI is InChI=1S/2C6H13NO2.K/c2*1-4(2)3-5(7)6(8)9;/h2*4-5H,3,7H2,1-2H3,(H,8,9);/t2*5-;/m00./s1. The van der Waals surface area contributed by atoms with Gasteiger partial charge in [0, 0.05) is 51.4 Å². The van der Waals surface area contributed by atoms with E-state index in [1.165, 1.54) is 0 Å². The summed E-state index contributed by atoms with van der Waals surface area (Å²) in [6, 6.07) is -1.38. The Balaban J connectivity index is -0.000000256. The molecule has 7 heteroatoms. The number of carboxylic acid groups (broad SMARTS) is 2. The van der Waals surface area contributed by atoms with Gasteiger partial charge in [-0.25, -0.2) is 0 Å². The maximum Gasteiger partial charge on any atom is 0.320 e. The number of hydrogen-bond donors (Lipinski definition) is 4. The van der Waals surface area contributed by atoms with Gasteiger partial charge in [-0.2, -0.15) is 0 Å². The largest absolute Gasteiger partial charge is 0.480 e. The number of nitrogens with two attached hydrogens (primary N) is 2. The van der Waals surface area contributed by atoms with Gasteiger partial charge < -0.3 is 21.7 Å². The van der Waals surface area contributed by atoms with E-state index < -0.39 is 24.0 Å². The molecule has 1 radical (unpaired) electrons. The van der Waals surface area contributed by atoms with Crippen molar-refractivity contribution in [2.45, 2.75) is 52.6 Å². The molecule has 0 fully saturated rings. The number of carbonyl (C=O) groups is 2. The number of aliphatic carboxylic acids is 2. The van der Waals surface area contributed by atoms with Crippen LogP contribution in [0.25, 0.3) is 0 Å². The molecule has 0 aromatic carbocycles. The smallest absolute Gasteiger partial charge is 0.320 e. The minimum absolute atomic E-state index is 0. The molecule has 0 amide bonds. The fraction of sp³-hybridized carbons (Fsp3) is 0.833. The van der Waals surface area contributed by atoms with E-state index >= 15 is 0 Å². The Morgan fingerprint density at radius 2 is 1.05 bits per heavy atom. The van der Waals surface area contributed by atoms with Gasteiger partial charge in [0.15, 0.2) is 0 Å². The van der Waals surface area contributed by atoms with Crippen molar-refractivity contribution in [1.29, 1.82) is 0 Å². The molecular formula is C12H26KN2O4. The van der Waals surface area contributed by atoms with E-state index in [9.17, 15) is 9.59 Å². The van der Waals surface area contributed by atoms with Gasteiger partial charge in [0.1, 0.15) is 12.1 Å². The van der Waals surface area contributed by atoms with E-state index in [0.29, 0.717) is 24.7 Å². The Labute approximate surface area is 157 Å². The van der Waals surface area contributed by atoms with Crippen molar-refractivity contribution >= 4 is 63.3 Å². The predicted octanol–water partition coefficient (Wildman–Crippen LogP) is 0.508. The van der Waals surface area contributed by atoms with E-state index in [1.807, 2.05) is 27.7 Å². The van der Waals surface area contributed by atoms with E-state index in [2.05, 4.69) is 0 Å². The molecule has 0 unspecified atom stereocenters. The molecule has 0 saturated heterocycles. The summed E-state index contributed by atoms with van der Waals surface area (Å²) in [6.45, 7) is 7.79. The molecular weight excluding hydrogens is 275 g/mol. The summed E-state index contributed by atoms with van der Waals surface area (Å²) in [5.74, 6) is -1.11. The number of rotatable bonds is 6. The first-order chi connectivity index (χ1) is 8.07. The molecule has 6 nitrogen and oxygen atoms in total. The molecule has 0 aliphatic heterocycles. The normalized spacial score (nSPS) is 13.1. The molecule has 6 N–H and O–H groups in total. The van der Waals surface area contributed by atoms with Gasteiger partial charge in [0.2, 0.25) is 0 Å². The Bertz CT molecular complexity index is 234. The fourth-order valence-corrected chi connectivity index (χ4v) is 1.22. The van der Waals surface area contributed by atoms with Gasteiger partial charge in [0.25, 0.3) is 0 Å². The first-order valence-electron chi connectivity index (χ1n) is 6.04. The van der Waals surface area contributed by atoms with Gasteiger partial charge in [-0.1, -0.05) is 27.7 Å². The van der Waals surface area contributed by atoms with E-state index in [4.69, 9.17) is 21.7 Å². The second-order valence-corrected chi connectivity index (χ2v) is 5.15. The molecule has 2 atom stereocenters. The number of carboxylic acids is 2. The summed E-state index contributed by atoms with van der Waals surface area (Å²) in [6.07, 6.45) is 1.10. The fourth-order valence-electron chi connectivity index (χ4n) is 1.22. The quantitative estimate of drug-likeness (QED) is 0.529. The van der Waals surface area contributed by atoms with Crippen LogP contribution in [0.4, 0.5) is 0 Å². The van der Waals surface area contributed by atoms with Crippen molar-refractivity contribution in [3.05, 3.63) is 0 Å². The SMILES string of the molecule is CC(C)C[C@H](N)C(=O)O.CC(C)C[C@H](N)C(=O)O.[K]. The van der Waals surface area contributed by atoms with Crippen LogP contribution in [-0.2, 0) is 9.59 Å². The Kier molecular flexibility index (Phi) is 17.4. The molecule has 0 bridgehead atoms. The summed E-state index contributed by atoms with van der Waals surface area (Å²) in [5.41, 5.74) is 10.4. The second-order valence-electron chi connectivity index (χ2n) is 5.15. The van der Waals surface area contributed by atoms with Crippen LogP contribution < -0.4 is 11.5 Å². The third-order valence-corrected chi connectivity index (χ3v) is 2.09. The van der Waals surface area contributed by atoms with Crippen molar-refractivity contribution in [3.63, 3.8) is 0 Å². The summed E-state index contributed by atoms with van der Waals surface area (Å²) >= 11 is 0. The molecule has 0 heterocycles. The molecule has 0 rings (SSSR count). The molecule has 0 saturated carbocycles. The van der Waals surface area contributed by atoms with Crippen LogP contribution >= 0.6 is 0 Å². The van der Waals surface area contributed by atoms with Crippen molar-refractivity contribution < 1.29 is 19.8 Å². The minimum Gasteiger partial charge on any atom is -0.480 e. The maximum absolute atomic E-state index is 10.1. The molecule has 0 aliphatic rings. The molecule has 0 spiro atoms. The van der Waals surface area contributed by atoms with Gasteiger partial charge in [0.05, 0.1) is 0 Å². The molecule has 109 valence electrons.